The van der Waals surface area contributed by atoms with Crippen LogP contribution < -0.4 is 10.5 Å². The topological polar surface area (TPSA) is 103 Å². The van der Waals surface area contributed by atoms with Crippen molar-refractivity contribution in [3.8, 4) is 5.75 Å². The number of nitro groups is 1. The Kier molecular flexibility index (Phi) is 7.57. The number of non-ortho nitro benzene ring substituents is 1. The Morgan fingerprint density at radius 3 is 2.53 bits per heavy atom. The Bertz CT molecular complexity index is 1040. The lowest BCUT2D eigenvalue weighted by Crippen LogP contribution is -2.06. The first kappa shape index (κ1) is 21.1. The molecule has 0 aliphatic heterocycles. The van der Waals surface area contributed by atoms with E-state index in [4.69, 9.17) is 10.5 Å². The Morgan fingerprint density at radius 1 is 1.03 bits per heavy atom. The van der Waals surface area contributed by atoms with E-state index < -0.39 is 4.92 Å². The average Bonchev–Trinajstić information content (AvgIpc) is 2.77. The van der Waals surface area contributed by atoms with E-state index in [9.17, 15) is 10.1 Å². The molecule has 0 amide bonds. The van der Waals surface area contributed by atoms with Crippen LogP contribution in [0.15, 0.2) is 89.1 Å². The maximum absolute atomic E-state index is 10.7. The van der Waals surface area contributed by atoms with Gasteiger partial charge in [0, 0.05) is 17.9 Å². The minimum Gasteiger partial charge on any atom is -0.489 e. The van der Waals surface area contributed by atoms with E-state index in [0.29, 0.717) is 17.5 Å². The molecule has 3 aromatic carbocycles. The predicted molar refractivity (Wildman–Crippen MR) is 121 cm³/mol. The lowest BCUT2D eigenvalue weighted by Gasteiger charge is -2.06. The maximum Gasteiger partial charge on any atom is 0.269 e. The number of ether oxygens (including phenoxy) is 1. The van der Waals surface area contributed by atoms with Gasteiger partial charge in [-0.05, 0) is 41.0 Å². The molecule has 2 N–H and O–H groups in total. The Morgan fingerprint density at radius 2 is 1.80 bits per heavy atom. The highest BCUT2D eigenvalue weighted by Crippen LogP contribution is 2.17. The van der Waals surface area contributed by atoms with Gasteiger partial charge in [-0.25, -0.2) is 0 Å². The molecule has 0 aliphatic rings. The van der Waals surface area contributed by atoms with E-state index in [1.165, 1.54) is 29.5 Å². The Labute approximate surface area is 178 Å². The third-order valence-electron chi connectivity index (χ3n) is 4.00. The molecule has 0 saturated heterocycles. The molecule has 0 spiro atoms. The number of nitrogens with two attached hydrogens (primary N) is 1. The largest absolute Gasteiger partial charge is 0.489 e. The molecule has 0 fully saturated rings. The van der Waals surface area contributed by atoms with Crippen molar-refractivity contribution in [2.24, 2.45) is 15.9 Å². The summed E-state index contributed by atoms with van der Waals surface area (Å²) in [6.07, 6.45) is 1.61. The van der Waals surface area contributed by atoms with Crippen LogP contribution in [0.25, 0.3) is 0 Å². The number of rotatable bonds is 8. The first-order valence-corrected chi connectivity index (χ1v) is 10.1. The third-order valence-corrected chi connectivity index (χ3v) is 4.86. The number of hydrogen-bond acceptors (Lipinski definition) is 6. The summed E-state index contributed by atoms with van der Waals surface area (Å²) in [6.45, 7) is 0.305. The molecule has 7 nitrogen and oxygen atoms in total. The fraction of sp³-hybridized carbons (Fsp3) is 0.0909. The third kappa shape index (κ3) is 6.75. The second-order valence-electron chi connectivity index (χ2n) is 6.24. The molecule has 0 bridgehead atoms. The van der Waals surface area contributed by atoms with Gasteiger partial charge in [-0.15, -0.1) is 5.10 Å². The first-order chi connectivity index (χ1) is 14.6. The SMILES string of the molecule is NC(=NN=Cc1cccc(OCc2ccc([N+](=O)[O-])cc2)c1)SCc1ccccc1. The monoisotopic (exact) mass is 420 g/mol. The van der Waals surface area contributed by atoms with Crippen LogP contribution in [0.4, 0.5) is 5.69 Å². The van der Waals surface area contributed by atoms with E-state index in [-0.39, 0.29) is 5.69 Å². The molecule has 0 unspecified atom stereocenters. The summed E-state index contributed by atoms with van der Waals surface area (Å²) in [5, 5.41) is 19.1. The van der Waals surface area contributed by atoms with Crippen LogP contribution in [0.5, 0.6) is 5.75 Å². The van der Waals surface area contributed by atoms with E-state index in [1.54, 1.807) is 18.3 Å². The van der Waals surface area contributed by atoms with Gasteiger partial charge in [0.15, 0.2) is 5.17 Å². The van der Waals surface area contributed by atoms with Crippen molar-refractivity contribution in [3.63, 3.8) is 0 Å². The minimum absolute atomic E-state index is 0.0544. The molecule has 8 heteroatoms. The van der Waals surface area contributed by atoms with Crippen molar-refractivity contribution < 1.29 is 9.66 Å². The van der Waals surface area contributed by atoms with Crippen LogP contribution in [-0.4, -0.2) is 16.3 Å². The molecule has 30 heavy (non-hydrogen) atoms. The summed E-state index contributed by atoms with van der Waals surface area (Å²) in [5.74, 6) is 1.39. The number of nitro benzene ring substituents is 1. The average molecular weight is 420 g/mol. The normalized spacial score (nSPS) is 11.5. The van der Waals surface area contributed by atoms with Crippen LogP contribution in [0.3, 0.4) is 0 Å². The second kappa shape index (κ2) is 10.8. The van der Waals surface area contributed by atoms with Crippen molar-refractivity contribution in [3.05, 3.63) is 106 Å². The molecule has 3 rings (SSSR count). The van der Waals surface area contributed by atoms with Gasteiger partial charge in [-0.2, -0.15) is 5.10 Å². The zero-order valence-electron chi connectivity index (χ0n) is 16.0. The molecule has 0 heterocycles. The van der Waals surface area contributed by atoms with Crippen LogP contribution in [0.2, 0.25) is 0 Å². The van der Waals surface area contributed by atoms with Crippen LogP contribution in [-0.2, 0) is 12.4 Å². The molecular formula is C22H20N4O3S. The van der Waals surface area contributed by atoms with Crippen LogP contribution >= 0.6 is 11.8 Å². The number of benzene rings is 3. The summed E-state index contributed by atoms with van der Waals surface area (Å²) in [6, 6.07) is 23.7. The fourth-order valence-electron chi connectivity index (χ4n) is 2.48. The quantitative estimate of drug-likeness (QED) is 0.245. The molecule has 0 radical (unpaired) electrons. The molecular weight excluding hydrogens is 400 g/mol. The number of hydrogen-bond donors (Lipinski definition) is 1. The molecule has 0 aromatic heterocycles. The smallest absolute Gasteiger partial charge is 0.269 e. The van der Waals surface area contributed by atoms with Gasteiger partial charge >= 0.3 is 0 Å². The highest BCUT2D eigenvalue weighted by atomic mass is 32.2. The maximum atomic E-state index is 10.7. The van der Waals surface area contributed by atoms with Crippen molar-refractivity contribution in [1.29, 1.82) is 0 Å². The van der Waals surface area contributed by atoms with E-state index >= 15 is 0 Å². The van der Waals surface area contributed by atoms with E-state index in [2.05, 4.69) is 10.2 Å². The first-order valence-electron chi connectivity index (χ1n) is 9.09. The highest BCUT2D eigenvalue weighted by Gasteiger charge is 2.04. The Balaban J connectivity index is 1.52. The molecule has 0 atom stereocenters. The van der Waals surface area contributed by atoms with Crippen molar-refractivity contribution in [2.75, 3.05) is 0 Å². The molecule has 152 valence electrons. The Hall–Kier alpha value is -3.65. The van der Waals surface area contributed by atoms with E-state index in [0.717, 1.165) is 16.9 Å². The van der Waals surface area contributed by atoms with Crippen molar-refractivity contribution in [2.45, 2.75) is 12.4 Å². The second-order valence-corrected chi connectivity index (χ2v) is 7.24. The van der Waals surface area contributed by atoms with Gasteiger partial charge in [0.05, 0.1) is 11.1 Å². The number of nitrogens with zero attached hydrogens (tertiary/aromatic N) is 3. The zero-order chi connectivity index (χ0) is 21.2. The number of thioether (sulfide) groups is 1. The van der Waals surface area contributed by atoms with Gasteiger partial charge in [0.2, 0.25) is 0 Å². The summed E-state index contributed by atoms with van der Waals surface area (Å²) in [4.78, 5) is 10.3. The van der Waals surface area contributed by atoms with Gasteiger partial charge in [-0.3, -0.25) is 10.1 Å². The lowest BCUT2D eigenvalue weighted by molar-refractivity contribution is -0.384. The van der Waals surface area contributed by atoms with Crippen molar-refractivity contribution >= 4 is 28.8 Å². The summed E-state index contributed by atoms with van der Waals surface area (Å²) in [7, 11) is 0. The van der Waals surface area contributed by atoms with Gasteiger partial charge in [-0.1, -0.05) is 54.2 Å². The van der Waals surface area contributed by atoms with Crippen LogP contribution in [0.1, 0.15) is 16.7 Å². The fourth-order valence-corrected chi connectivity index (χ4v) is 3.09. The number of amidine groups is 1. The highest BCUT2D eigenvalue weighted by molar-refractivity contribution is 8.13. The van der Waals surface area contributed by atoms with E-state index in [1.807, 2.05) is 54.6 Å². The molecule has 0 aliphatic carbocycles. The molecule has 3 aromatic rings. The summed E-state index contributed by atoms with van der Waals surface area (Å²) < 4.78 is 5.75. The standard InChI is InChI=1S/C22H20N4O3S/c23-22(30-16-18-5-2-1-3-6-18)25-24-14-19-7-4-8-21(13-19)29-15-17-9-11-20(12-10-17)26(27)28/h1-14H,15-16H2,(H2,23,25). The predicted octanol–water partition coefficient (Wildman–Crippen LogP) is 4.76. The van der Waals surface area contributed by atoms with Crippen LogP contribution in [0, 0.1) is 10.1 Å². The summed E-state index contributed by atoms with van der Waals surface area (Å²) >= 11 is 1.42. The van der Waals surface area contributed by atoms with Crippen molar-refractivity contribution in [1.82, 2.24) is 0 Å². The van der Waals surface area contributed by atoms with Gasteiger partial charge in [0.25, 0.3) is 5.69 Å². The zero-order valence-corrected chi connectivity index (χ0v) is 16.9. The minimum atomic E-state index is -0.428. The van der Waals surface area contributed by atoms with Gasteiger partial charge in [0.1, 0.15) is 12.4 Å². The van der Waals surface area contributed by atoms with Gasteiger partial charge < -0.3 is 10.5 Å². The molecule has 0 saturated carbocycles. The lowest BCUT2D eigenvalue weighted by atomic mass is 10.2. The summed E-state index contributed by atoms with van der Waals surface area (Å²) in [5.41, 5.74) is 8.77.